The third-order valence-corrected chi connectivity index (χ3v) is 1.28. The Morgan fingerprint density at radius 2 is 2.50 bits per heavy atom. The molecule has 5 nitrogen and oxygen atoms in total. The van der Waals surface area contributed by atoms with Gasteiger partial charge in [0.2, 0.25) is 0 Å². The molecule has 0 saturated heterocycles. The summed E-state index contributed by atoms with van der Waals surface area (Å²) in [6.07, 6.45) is 1.11. The smallest absolute Gasteiger partial charge is 0.280 e. The first-order chi connectivity index (χ1) is 4.84. The molecule has 0 spiro atoms. The van der Waals surface area contributed by atoms with E-state index < -0.39 is 0 Å². The Balaban J connectivity index is 2.50. The average Bonchev–Trinajstić information content (AvgIpc) is 2.38. The summed E-state index contributed by atoms with van der Waals surface area (Å²) in [6, 6.07) is 0. The van der Waals surface area contributed by atoms with Gasteiger partial charge in [-0.1, -0.05) is 6.92 Å². The normalized spacial score (nSPS) is 9.80. The number of anilines is 1. The maximum absolute atomic E-state index is 3.80. The Hall–Kier alpha value is -1.13. The Bertz CT molecular complexity index is 170. The number of tetrazole rings is 1. The minimum absolute atomic E-state index is 0.779. The van der Waals surface area contributed by atoms with Crippen LogP contribution in [0.2, 0.25) is 0 Å². The molecule has 1 aromatic heterocycles. The molecule has 1 aromatic rings. The lowest BCUT2D eigenvalue weighted by molar-refractivity contribution is -0.443. The van der Waals surface area contributed by atoms with Gasteiger partial charge in [-0.25, -0.2) is 0 Å². The highest BCUT2D eigenvalue weighted by Gasteiger charge is 2.09. The van der Waals surface area contributed by atoms with Crippen molar-refractivity contribution in [2.24, 2.45) is 0 Å². The Kier molecular flexibility index (Phi) is 2.20. The van der Waals surface area contributed by atoms with Gasteiger partial charge in [0.05, 0.1) is 11.6 Å². The summed E-state index contributed by atoms with van der Waals surface area (Å²) in [5.41, 5.74) is 0. The van der Waals surface area contributed by atoms with E-state index in [1.165, 1.54) is 0 Å². The lowest BCUT2D eigenvalue weighted by Crippen LogP contribution is -2.25. The SMILES string of the molecule is CCCN(C)c1nn[nH][nH+]1. The van der Waals surface area contributed by atoms with E-state index in [9.17, 15) is 0 Å². The summed E-state index contributed by atoms with van der Waals surface area (Å²) in [4.78, 5) is 2.00. The molecular formula is C5H12N5+. The van der Waals surface area contributed by atoms with Crippen LogP contribution in [0.4, 0.5) is 5.95 Å². The zero-order valence-corrected chi connectivity index (χ0v) is 6.26. The van der Waals surface area contributed by atoms with Crippen molar-refractivity contribution >= 4 is 5.95 Å². The van der Waals surface area contributed by atoms with Crippen LogP contribution in [0.5, 0.6) is 0 Å². The third kappa shape index (κ3) is 1.43. The lowest BCUT2D eigenvalue weighted by Gasteiger charge is -2.05. The number of hydrogen-bond donors (Lipinski definition) is 1. The molecule has 0 unspecified atom stereocenters. The van der Waals surface area contributed by atoms with Crippen LogP contribution in [0.15, 0.2) is 0 Å². The molecule has 0 aliphatic rings. The molecule has 0 fully saturated rings. The van der Waals surface area contributed by atoms with Crippen LogP contribution in [0.3, 0.4) is 0 Å². The quantitative estimate of drug-likeness (QED) is 0.617. The van der Waals surface area contributed by atoms with Gasteiger partial charge < -0.3 is 0 Å². The summed E-state index contributed by atoms with van der Waals surface area (Å²) in [7, 11) is 1.97. The molecule has 2 N–H and O–H groups in total. The molecule has 0 amide bonds. The molecule has 0 bridgehead atoms. The van der Waals surface area contributed by atoms with Gasteiger partial charge >= 0.3 is 5.95 Å². The first-order valence-corrected chi connectivity index (χ1v) is 3.34. The van der Waals surface area contributed by atoms with Crippen molar-refractivity contribution in [1.29, 1.82) is 0 Å². The van der Waals surface area contributed by atoms with Crippen molar-refractivity contribution in [2.45, 2.75) is 13.3 Å². The molecule has 0 aromatic carbocycles. The van der Waals surface area contributed by atoms with Gasteiger partial charge in [0.15, 0.2) is 0 Å². The largest absolute Gasteiger partial charge is 0.399 e. The molecule has 0 saturated carbocycles. The topological polar surface area (TPSA) is 59.0 Å². The standard InChI is InChI=1S/C5H11N5/c1-3-4-10(2)5-6-8-9-7-5/h3-4H2,1-2H3,(H,6,7,8,9)/p+1. The van der Waals surface area contributed by atoms with Crippen molar-refractivity contribution in [3.63, 3.8) is 0 Å². The van der Waals surface area contributed by atoms with Crippen molar-refractivity contribution < 1.29 is 5.10 Å². The van der Waals surface area contributed by atoms with Gasteiger partial charge in [0.1, 0.15) is 5.21 Å². The number of hydrogen-bond acceptors (Lipinski definition) is 3. The molecule has 0 radical (unpaired) electrons. The average molecular weight is 142 g/mol. The fourth-order valence-corrected chi connectivity index (χ4v) is 0.785. The fourth-order valence-electron chi connectivity index (χ4n) is 0.785. The van der Waals surface area contributed by atoms with Gasteiger partial charge in [0.25, 0.3) is 0 Å². The van der Waals surface area contributed by atoms with Crippen LogP contribution in [0.1, 0.15) is 13.3 Å². The zero-order chi connectivity index (χ0) is 7.40. The number of H-pyrrole nitrogens is 2. The summed E-state index contributed by atoms with van der Waals surface area (Å²) in [5, 5.41) is 12.7. The fraction of sp³-hybridized carbons (Fsp3) is 0.800. The van der Waals surface area contributed by atoms with E-state index in [4.69, 9.17) is 0 Å². The highest BCUT2D eigenvalue weighted by Crippen LogP contribution is 1.94. The van der Waals surface area contributed by atoms with Crippen LogP contribution in [-0.2, 0) is 0 Å². The maximum Gasteiger partial charge on any atom is 0.399 e. The lowest BCUT2D eigenvalue weighted by atomic mass is 10.4. The van der Waals surface area contributed by atoms with Crippen LogP contribution in [0, 0.1) is 0 Å². The second kappa shape index (κ2) is 3.14. The van der Waals surface area contributed by atoms with Gasteiger partial charge in [-0.15, -0.1) is 5.21 Å². The molecule has 0 atom stereocenters. The van der Waals surface area contributed by atoms with E-state index in [1.807, 2.05) is 11.9 Å². The van der Waals surface area contributed by atoms with E-state index in [2.05, 4.69) is 27.5 Å². The predicted octanol–water partition coefficient (Wildman–Crippen LogP) is -0.535. The second-order valence-electron chi connectivity index (χ2n) is 2.18. The van der Waals surface area contributed by atoms with E-state index in [-0.39, 0.29) is 0 Å². The predicted molar refractivity (Wildman–Crippen MR) is 36.5 cm³/mol. The van der Waals surface area contributed by atoms with E-state index in [1.54, 1.807) is 0 Å². The first kappa shape index (κ1) is 6.98. The third-order valence-electron chi connectivity index (χ3n) is 1.28. The van der Waals surface area contributed by atoms with Crippen LogP contribution in [0.25, 0.3) is 0 Å². The minimum Gasteiger partial charge on any atom is -0.280 e. The van der Waals surface area contributed by atoms with Crippen LogP contribution < -0.4 is 10.00 Å². The van der Waals surface area contributed by atoms with Crippen molar-refractivity contribution in [2.75, 3.05) is 18.5 Å². The van der Waals surface area contributed by atoms with Crippen molar-refractivity contribution in [3.8, 4) is 0 Å². The Labute approximate surface area is 59.4 Å². The van der Waals surface area contributed by atoms with Gasteiger partial charge in [0, 0.05) is 7.05 Å². The van der Waals surface area contributed by atoms with Gasteiger partial charge in [-0.3, -0.25) is 4.90 Å². The number of nitrogens with one attached hydrogen (secondary N) is 2. The molecule has 10 heavy (non-hydrogen) atoms. The highest BCUT2D eigenvalue weighted by atomic mass is 15.5. The van der Waals surface area contributed by atoms with Crippen LogP contribution >= 0.6 is 0 Å². The molecule has 1 rings (SSSR count). The zero-order valence-electron chi connectivity index (χ0n) is 6.26. The number of rotatable bonds is 3. The number of aromatic amines is 2. The minimum atomic E-state index is 0.779. The first-order valence-electron chi connectivity index (χ1n) is 3.34. The Morgan fingerprint density at radius 1 is 1.70 bits per heavy atom. The Morgan fingerprint density at radius 3 is 3.00 bits per heavy atom. The van der Waals surface area contributed by atoms with E-state index in [0.29, 0.717) is 0 Å². The molecule has 0 aliphatic carbocycles. The highest BCUT2D eigenvalue weighted by molar-refractivity contribution is 5.16. The van der Waals surface area contributed by atoms with Gasteiger partial charge in [-0.05, 0) is 6.42 Å². The monoisotopic (exact) mass is 142 g/mol. The number of aromatic nitrogens is 4. The van der Waals surface area contributed by atoms with Gasteiger partial charge in [-0.2, -0.15) is 5.10 Å². The van der Waals surface area contributed by atoms with Crippen molar-refractivity contribution in [3.05, 3.63) is 0 Å². The number of nitrogens with zero attached hydrogens (tertiary/aromatic N) is 3. The molecule has 1 heterocycles. The summed E-state index contributed by atoms with van der Waals surface area (Å²) < 4.78 is 0. The molecule has 5 heteroatoms. The molecule has 56 valence electrons. The molecular weight excluding hydrogens is 130 g/mol. The second-order valence-corrected chi connectivity index (χ2v) is 2.18. The van der Waals surface area contributed by atoms with E-state index >= 15 is 0 Å². The maximum atomic E-state index is 3.80. The summed E-state index contributed by atoms with van der Waals surface area (Å²) in [5.74, 6) is 0.779. The summed E-state index contributed by atoms with van der Waals surface area (Å²) >= 11 is 0. The molecule has 0 aliphatic heterocycles. The van der Waals surface area contributed by atoms with E-state index in [0.717, 1.165) is 18.9 Å². The summed E-state index contributed by atoms with van der Waals surface area (Å²) in [6.45, 7) is 3.11. The van der Waals surface area contributed by atoms with Crippen molar-refractivity contribution in [1.82, 2.24) is 15.5 Å². The van der Waals surface area contributed by atoms with Crippen LogP contribution in [-0.4, -0.2) is 29.1 Å².